The first-order chi connectivity index (χ1) is 5.45. The molecular formula is C10H23NO. The molecule has 1 atom stereocenters. The molecule has 0 heterocycles. The van der Waals surface area contributed by atoms with Gasteiger partial charge in [0.1, 0.15) is 0 Å². The Morgan fingerprint density at radius 1 is 1.33 bits per heavy atom. The predicted molar refractivity (Wildman–Crippen MR) is 53.2 cm³/mol. The lowest BCUT2D eigenvalue weighted by Gasteiger charge is -2.18. The molecule has 2 nitrogen and oxygen atoms in total. The molecule has 0 aliphatic rings. The molecule has 0 aromatic heterocycles. The third kappa shape index (κ3) is 8.02. The monoisotopic (exact) mass is 173 g/mol. The number of nitrogens with one attached hydrogen (secondary N) is 1. The van der Waals surface area contributed by atoms with Crippen molar-refractivity contribution in [2.24, 2.45) is 5.41 Å². The van der Waals surface area contributed by atoms with Gasteiger partial charge in [-0.3, -0.25) is 0 Å². The summed E-state index contributed by atoms with van der Waals surface area (Å²) in [6.45, 7) is 10.4. The Morgan fingerprint density at radius 3 is 2.33 bits per heavy atom. The van der Waals surface area contributed by atoms with Crippen LogP contribution in [0.15, 0.2) is 0 Å². The van der Waals surface area contributed by atoms with E-state index in [4.69, 9.17) is 0 Å². The normalized spacial score (nSPS) is 14.8. The second-order valence-corrected chi connectivity index (χ2v) is 4.58. The third-order valence-electron chi connectivity index (χ3n) is 1.90. The fourth-order valence-corrected chi connectivity index (χ4v) is 0.876. The SMILES string of the molecule is CCC(O)CNCCC(C)(C)C. The van der Waals surface area contributed by atoms with E-state index in [1.165, 1.54) is 0 Å². The molecule has 0 radical (unpaired) electrons. The second kappa shape index (κ2) is 5.55. The third-order valence-corrected chi connectivity index (χ3v) is 1.90. The summed E-state index contributed by atoms with van der Waals surface area (Å²) in [5.41, 5.74) is 0.393. The van der Waals surface area contributed by atoms with Crippen molar-refractivity contribution in [3.8, 4) is 0 Å². The van der Waals surface area contributed by atoms with E-state index < -0.39 is 0 Å². The van der Waals surface area contributed by atoms with Crippen molar-refractivity contribution in [1.29, 1.82) is 0 Å². The molecule has 1 unspecified atom stereocenters. The molecule has 2 heteroatoms. The minimum absolute atomic E-state index is 0.176. The molecule has 0 rings (SSSR count). The molecule has 0 fully saturated rings. The lowest BCUT2D eigenvalue weighted by atomic mass is 9.92. The Labute approximate surface area is 76.4 Å². The average molecular weight is 173 g/mol. The van der Waals surface area contributed by atoms with Crippen molar-refractivity contribution in [2.45, 2.75) is 46.6 Å². The van der Waals surface area contributed by atoms with Gasteiger partial charge in [-0.1, -0.05) is 27.7 Å². The maximum absolute atomic E-state index is 9.22. The Morgan fingerprint density at radius 2 is 1.92 bits per heavy atom. The number of aliphatic hydroxyl groups excluding tert-OH is 1. The maximum atomic E-state index is 9.22. The van der Waals surface area contributed by atoms with Crippen molar-refractivity contribution in [3.63, 3.8) is 0 Å². The summed E-state index contributed by atoms with van der Waals surface area (Å²) >= 11 is 0. The zero-order valence-electron chi connectivity index (χ0n) is 8.85. The highest BCUT2D eigenvalue weighted by atomic mass is 16.3. The summed E-state index contributed by atoms with van der Waals surface area (Å²) < 4.78 is 0. The molecule has 0 saturated heterocycles. The molecule has 0 bridgehead atoms. The fourth-order valence-electron chi connectivity index (χ4n) is 0.876. The first-order valence-corrected chi connectivity index (χ1v) is 4.84. The highest BCUT2D eigenvalue weighted by Crippen LogP contribution is 2.16. The number of hydrogen-bond donors (Lipinski definition) is 2. The molecule has 0 amide bonds. The average Bonchev–Trinajstić information content (AvgIpc) is 1.96. The van der Waals surface area contributed by atoms with Gasteiger partial charge in [0.05, 0.1) is 6.10 Å². The van der Waals surface area contributed by atoms with Crippen LogP contribution < -0.4 is 5.32 Å². The first kappa shape index (κ1) is 11.9. The molecule has 0 aliphatic carbocycles. The topological polar surface area (TPSA) is 32.3 Å². The van der Waals surface area contributed by atoms with Crippen LogP contribution in [0.4, 0.5) is 0 Å². The molecule has 74 valence electrons. The lowest BCUT2D eigenvalue weighted by Crippen LogP contribution is -2.28. The van der Waals surface area contributed by atoms with Crippen LogP contribution >= 0.6 is 0 Å². The largest absolute Gasteiger partial charge is 0.392 e. The van der Waals surface area contributed by atoms with Gasteiger partial charge in [-0.15, -0.1) is 0 Å². The first-order valence-electron chi connectivity index (χ1n) is 4.84. The van der Waals surface area contributed by atoms with Gasteiger partial charge < -0.3 is 10.4 Å². The summed E-state index contributed by atoms with van der Waals surface area (Å²) in [6.07, 6.45) is 1.82. The molecule has 0 aromatic carbocycles. The van der Waals surface area contributed by atoms with Gasteiger partial charge in [0.25, 0.3) is 0 Å². The van der Waals surface area contributed by atoms with Gasteiger partial charge in [0.15, 0.2) is 0 Å². The molecule has 0 aliphatic heterocycles. The molecule has 0 aromatic rings. The van der Waals surface area contributed by atoms with Crippen LogP contribution in [0.1, 0.15) is 40.5 Å². The molecule has 12 heavy (non-hydrogen) atoms. The van der Waals surface area contributed by atoms with Crippen LogP contribution in [0, 0.1) is 5.41 Å². The van der Waals surface area contributed by atoms with Crippen LogP contribution in [0.2, 0.25) is 0 Å². The van der Waals surface area contributed by atoms with Crippen molar-refractivity contribution in [1.82, 2.24) is 5.32 Å². The quantitative estimate of drug-likeness (QED) is 0.621. The van der Waals surface area contributed by atoms with E-state index in [1.807, 2.05) is 6.92 Å². The Bertz CT molecular complexity index is 107. The lowest BCUT2D eigenvalue weighted by molar-refractivity contribution is 0.166. The van der Waals surface area contributed by atoms with E-state index in [0.29, 0.717) is 5.41 Å². The van der Waals surface area contributed by atoms with E-state index in [1.54, 1.807) is 0 Å². The van der Waals surface area contributed by atoms with Crippen molar-refractivity contribution in [3.05, 3.63) is 0 Å². The van der Waals surface area contributed by atoms with E-state index in [0.717, 1.165) is 25.9 Å². The molecular weight excluding hydrogens is 150 g/mol. The van der Waals surface area contributed by atoms with E-state index >= 15 is 0 Å². The van der Waals surface area contributed by atoms with Crippen LogP contribution in [0.3, 0.4) is 0 Å². The van der Waals surface area contributed by atoms with E-state index in [2.05, 4.69) is 26.1 Å². The van der Waals surface area contributed by atoms with Gasteiger partial charge in [-0.05, 0) is 24.8 Å². The summed E-state index contributed by atoms with van der Waals surface area (Å²) in [4.78, 5) is 0. The zero-order chi connectivity index (χ0) is 9.61. The highest BCUT2D eigenvalue weighted by Gasteiger charge is 2.09. The summed E-state index contributed by atoms with van der Waals surface area (Å²) in [6, 6.07) is 0. The van der Waals surface area contributed by atoms with Gasteiger partial charge in [-0.25, -0.2) is 0 Å². The van der Waals surface area contributed by atoms with E-state index in [-0.39, 0.29) is 6.10 Å². The maximum Gasteiger partial charge on any atom is 0.0662 e. The Balaban J connectivity index is 3.22. The number of aliphatic hydroxyl groups is 1. The van der Waals surface area contributed by atoms with Crippen LogP contribution in [-0.4, -0.2) is 24.3 Å². The van der Waals surface area contributed by atoms with E-state index in [9.17, 15) is 5.11 Å². The smallest absolute Gasteiger partial charge is 0.0662 e. The second-order valence-electron chi connectivity index (χ2n) is 4.58. The number of hydrogen-bond acceptors (Lipinski definition) is 2. The fraction of sp³-hybridized carbons (Fsp3) is 1.00. The molecule has 0 saturated carbocycles. The van der Waals surface area contributed by atoms with Crippen molar-refractivity contribution < 1.29 is 5.11 Å². The Hall–Kier alpha value is -0.0800. The zero-order valence-corrected chi connectivity index (χ0v) is 8.85. The van der Waals surface area contributed by atoms with Gasteiger partial charge in [-0.2, -0.15) is 0 Å². The summed E-state index contributed by atoms with van der Waals surface area (Å²) in [5.74, 6) is 0. The summed E-state index contributed by atoms with van der Waals surface area (Å²) in [5, 5.41) is 12.5. The Kier molecular flexibility index (Phi) is 5.51. The molecule has 0 spiro atoms. The highest BCUT2D eigenvalue weighted by molar-refractivity contribution is 4.64. The standard InChI is InChI=1S/C10H23NO/c1-5-9(12)8-11-7-6-10(2,3)4/h9,11-12H,5-8H2,1-4H3. The minimum atomic E-state index is -0.176. The van der Waals surface area contributed by atoms with Crippen LogP contribution in [0.25, 0.3) is 0 Å². The van der Waals surface area contributed by atoms with Gasteiger partial charge >= 0.3 is 0 Å². The predicted octanol–water partition coefficient (Wildman–Crippen LogP) is 1.78. The summed E-state index contributed by atoms with van der Waals surface area (Å²) in [7, 11) is 0. The van der Waals surface area contributed by atoms with Crippen molar-refractivity contribution >= 4 is 0 Å². The van der Waals surface area contributed by atoms with Gasteiger partial charge in [0.2, 0.25) is 0 Å². The van der Waals surface area contributed by atoms with Gasteiger partial charge in [0, 0.05) is 6.54 Å². The molecule has 2 N–H and O–H groups in total. The number of rotatable bonds is 5. The van der Waals surface area contributed by atoms with Crippen LogP contribution in [0.5, 0.6) is 0 Å². The minimum Gasteiger partial charge on any atom is -0.392 e. The van der Waals surface area contributed by atoms with Crippen LogP contribution in [-0.2, 0) is 0 Å². The van der Waals surface area contributed by atoms with Crippen molar-refractivity contribution in [2.75, 3.05) is 13.1 Å².